The molecule has 0 saturated carbocycles. The van der Waals surface area contributed by atoms with Gasteiger partial charge in [-0.05, 0) is 48.6 Å². The quantitative estimate of drug-likeness (QED) is 0.474. The molecule has 4 nitrogen and oxygen atoms in total. The number of carbonyl (C=O) groups is 2. The third kappa shape index (κ3) is 3.85. The van der Waals surface area contributed by atoms with Gasteiger partial charge in [0, 0.05) is 29.6 Å². The Hall–Kier alpha value is -3.37. The van der Waals surface area contributed by atoms with E-state index >= 15 is 0 Å². The largest absolute Gasteiger partial charge is 0.357 e. The number of nitrogens with one attached hydrogen (secondary N) is 1. The van der Waals surface area contributed by atoms with Crippen molar-refractivity contribution in [3.05, 3.63) is 106 Å². The molecule has 2 aliphatic rings. The van der Waals surface area contributed by atoms with E-state index in [9.17, 15) is 9.59 Å². The maximum absolute atomic E-state index is 13.8. The number of fused-ring (bicyclic) bond motifs is 1. The van der Waals surface area contributed by atoms with E-state index in [0.717, 1.165) is 33.8 Å². The number of hydrogen-bond donors (Lipinski definition) is 1. The van der Waals surface area contributed by atoms with Crippen LogP contribution >= 0.6 is 11.6 Å². The standard InChI is InChI=1S/C28H25ClN2O2/c1-17-11-13-19(14-12-17)28-27-24(30-23-9-5-6-10-25(23)31(28)18(2)32)15-20(16-26(27)33)21-7-3-4-8-22(21)29/h3-14,20,28,30H,15-16H2,1-2H3/t20-,28+/m1/s1. The first-order valence-corrected chi connectivity index (χ1v) is 11.5. The van der Waals surface area contributed by atoms with E-state index < -0.39 is 6.04 Å². The predicted molar refractivity (Wildman–Crippen MR) is 133 cm³/mol. The van der Waals surface area contributed by atoms with Gasteiger partial charge in [-0.2, -0.15) is 0 Å². The number of halogens is 1. The Morgan fingerprint density at radius 3 is 2.39 bits per heavy atom. The summed E-state index contributed by atoms with van der Waals surface area (Å²) in [5.41, 5.74) is 6.14. The fourth-order valence-electron chi connectivity index (χ4n) is 5.03. The number of rotatable bonds is 2. The van der Waals surface area contributed by atoms with Crippen LogP contribution in [0.25, 0.3) is 0 Å². The topological polar surface area (TPSA) is 49.4 Å². The minimum absolute atomic E-state index is 0.0211. The molecule has 5 heteroatoms. The van der Waals surface area contributed by atoms with Crippen LogP contribution in [0.5, 0.6) is 0 Å². The highest BCUT2D eigenvalue weighted by atomic mass is 35.5. The van der Waals surface area contributed by atoms with Crippen molar-refractivity contribution in [2.45, 2.75) is 38.6 Å². The van der Waals surface area contributed by atoms with E-state index in [2.05, 4.69) is 5.32 Å². The molecule has 1 aliphatic carbocycles. The molecule has 33 heavy (non-hydrogen) atoms. The highest BCUT2D eigenvalue weighted by molar-refractivity contribution is 6.31. The average molecular weight is 457 g/mol. The summed E-state index contributed by atoms with van der Waals surface area (Å²) in [6, 6.07) is 23.1. The van der Waals surface area contributed by atoms with Crippen molar-refractivity contribution >= 4 is 34.7 Å². The Morgan fingerprint density at radius 1 is 0.970 bits per heavy atom. The molecule has 3 aromatic carbocycles. The molecule has 0 spiro atoms. The lowest BCUT2D eigenvalue weighted by atomic mass is 9.78. The Labute approximate surface area is 198 Å². The molecule has 1 heterocycles. The molecule has 3 aromatic rings. The number of allylic oxidation sites excluding steroid dienone is 1. The molecule has 0 bridgehead atoms. The van der Waals surface area contributed by atoms with Crippen molar-refractivity contribution in [1.29, 1.82) is 0 Å². The maximum atomic E-state index is 13.8. The second-order valence-electron chi connectivity index (χ2n) is 8.79. The van der Waals surface area contributed by atoms with E-state index in [1.54, 1.807) is 11.8 Å². The third-order valence-electron chi connectivity index (χ3n) is 6.57. The number of carbonyl (C=O) groups excluding carboxylic acids is 2. The number of amides is 1. The van der Waals surface area contributed by atoms with Crippen molar-refractivity contribution in [3.63, 3.8) is 0 Å². The zero-order valence-corrected chi connectivity index (χ0v) is 19.4. The lowest BCUT2D eigenvalue weighted by Gasteiger charge is -2.34. The third-order valence-corrected chi connectivity index (χ3v) is 6.91. The summed E-state index contributed by atoms with van der Waals surface area (Å²) in [7, 11) is 0. The zero-order valence-electron chi connectivity index (χ0n) is 18.6. The van der Waals surface area contributed by atoms with E-state index in [4.69, 9.17) is 11.6 Å². The molecule has 0 unspecified atom stereocenters. The lowest BCUT2D eigenvalue weighted by molar-refractivity contribution is -0.117. The molecule has 5 rings (SSSR count). The van der Waals surface area contributed by atoms with Gasteiger partial charge in [-0.15, -0.1) is 0 Å². The van der Waals surface area contributed by atoms with Crippen molar-refractivity contribution in [1.82, 2.24) is 0 Å². The first kappa shape index (κ1) is 21.5. The Morgan fingerprint density at radius 2 is 1.67 bits per heavy atom. The van der Waals surface area contributed by atoms with Crippen molar-refractivity contribution < 1.29 is 9.59 Å². The van der Waals surface area contributed by atoms with Gasteiger partial charge < -0.3 is 5.32 Å². The summed E-state index contributed by atoms with van der Waals surface area (Å²) in [4.78, 5) is 28.5. The second kappa shape index (κ2) is 8.53. The first-order valence-electron chi connectivity index (χ1n) is 11.2. The van der Waals surface area contributed by atoms with Crippen molar-refractivity contribution in [3.8, 4) is 0 Å². The molecule has 2 atom stereocenters. The van der Waals surface area contributed by atoms with Crippen LogP contribution in [0.2, 0.25) is 5.02 Å². The fourth-order valence-corrected chi connectivity index (χ4v) is 5.32. The molecular formula is C28H25ClN2O2. The monoisotopic (exact) mass is 456 g/mol. The molecule has 0 fully saturated rings. The highest BCUT2D eigenvalue weighted by Gasteiger charge is 2.41. The van der Waals surface area contributed by atoms with E-state index in [1.165, 1.54) is 0 Å². The van der Waals surface area contributed by atoms with Crippen molar-refractivity contribution in [2.75, 3.05) is 10.2 Å². The molecule has 0 radical (unpaired) electrons. The van der Waals surface area contributed by atoms with E-state index in [1.807, 2.05) is 79.7 Å². The number of aryl methyl sites for hydroxylation is 1. The summed E-state index contributed by atoms with van der Waals surface area (Å²) in [6.07, 6.45) is 1.00. The van der Waals surface area contributed by atoms with Gasteiger partial charge in [0.2, 0.25) is 5.91 Å². The predicted octanol–water partition coefficient (Wildman–Crippen LogP) is 6.57. The van der Waals surface area contributed by atoms with Crippen LogP contribution in [0, 0.1) is 6.92 Å². The zero-order chi connectivity index (χ0) is 23.1. The number of anilines is 2. The van der Waals surface area contributed by atoms with Gasteiger partial charge in [-0.3, -0.25) is 14.5 Å². The van der Waals surface area contributed by atoms with Crippen LogP contribution in [0.1, 0.15) is 48.4 Å². The normalized spacial score (nSPS) is 20.0. The molecular weight excluding hydrogens is 432 g/mol. The molecule has 0 saturated heterocycles. The summed E-state index contributed by atoms with van der Waals surface area (Å²) in [5, 5.41) is 4.20. The van der Waals surface area contributed by atoms with Gasteiger partial charge in [-0.1, -0.05) is 71.8 Å². The summed E-state index contributed by atoms with van der Waals surface area (Å²) < 4.78 is 0. The number of benzene rings is 3. The van der Waals surface area contributed by atoms with Crippen LogP contribution in [0.3, 0.4) is 0 Å². The molecule has 166 valence electrons. The summed E-state index contributed by atoms with van der Waals surface area (Å²) in [5.74, 6) is -0.0879. The van der Waals surface area contributed by atoms with Gasteiger partial charge in [0.25, 0.3) is 0 Å². The first-order chi connectivity index (χ1) is 15.9. The van der Waals surface area contributed by atoms with Crippen LogP contribution in [-0.2, 0) is 9.59 Å². The van der Waals surface area contributed by atoms with Crippen LogP contribution in [-0.4, -0.2) is 11.7 Å². The molecule has 0 aromatic heterocycles. The number of para-hydroxylation sites is 2. The van der Waals surface area contributed by atoms with Crippen LogP contribution in [0.4, 0.5) is 11.4 Å². The highest BCUT2D eigenvalue weighted by Crippen LogP contribution is 2.47. The van der Waals surface area contributed by atoms with E-state index in [-0.39, 0.29) is 17.6 Å². The van der Waals surface area contributed by atoms with Crippen LogP contribution in [0.15, 0.2) is 84.1 Å². The van der Waals surface area contributed by atoms with E-state index in [0.29, 0.717) is 23.4 Å². The van der Waals surface area contributed by atoms with Crippen LogP contribution < -0.4 is 10.2 Å². The van der Waals surface area contributed by atoms with Gasteiger partial charge in [0.1, 0.15) is 0 Å². The summed E-state index contributed by atoms with van der Waals surface area (Å²) >= 11 is 6.50. The minimum atomic E-state index is -0.492. The van der Waals surface area contributed by atoms with Gasteiger partial charge in [0.05, 0.1) is 17.4 Å². The maximum Gasteiger partial charge on any atom is 0.224 e. The lowest BCUT2D eigenvalue weighted by Crippen LogP contribution is -2.37. The molecule has 1 amide bonds. The average Bonchev–Trinajstić information content (AvgIpc) is 2.94. The van der Waals surface area contributed by atoms with Gasteiger partial charge in [0.15, 0.2) is 5.78 Å². The molecule has 1 aliphatic heterocycles. The number of Topliss-reactive ketones (excluding diaryl/α,β-unsaturated/α-hetero) is 1. The fraction of sp³-hybridized carbons (Fsp3) is 0.214. The molecule has 1 N–H and O–H groups in total. The smallest absolute Gasteiger partial charge is 0.224 e. The summed E-state index contributed by atoms with van der Waals surface area (Å²) in [6.45, 7) is 3.59. The number of ketones is 1. The Balaban J connectivity index is 1.71. The van der Waals surface area contributed by atoms with Crippen molar-refractivity contribution in [2.24, 2.45) is 0 Å². The SMILES string of the molecule is CC(=O)N1c2ccccc2NC2=C(C(=O)C[C@H](c3ccccc3Cl)C2)[C@@H]1c1ccc(C)cc1. The number of hydrogen-bond acceptors (Lipinski definition) is 3. The Kier molecular flexibility index (Phi) is 5.55. The number of nitrogens with zero attached hydrogens (tertiary/aromatic N) is 1. The Bertz CT molecular complexity index is 1280. The minimum Gasteiger partial charge on any atom is -0.357 e. The van der Waals surface area contributed by atoms with Gasteiger partial charge in [-0.25, -0.2) is 0 Å². The second-order valence-corrected chi connectivity index (χ2v) is 9.19. The van der Waals surface area contributed by atoms with Gasteiger partial charge >= 0.3 is 0 Å².